The van der Waals surface area contributed by atoms with Crippen molar-refractivity contribution >= 4 is 11.9 Å². The van der Waals surface area contributed by atoms with Gasteiger partial charge in [-0.05, 0) is 50.9 Å². The van der Waals surface area contributed by atoms with Crippen LogP contribution in [0, 0.1) is 16.2 Å². The summed E-state index contributed by atoms with van der Waals surface area (Å²) < 4.78 is 5.41. The van der Waals surface area contributed by atoms with E-state index in [1.54, 1.807) is 20.8 Å². The summed E-state index contributed by atoms with van der Waals surface area (Å²) in [5.41, 5.74) is -2.50. The van der Waals surface area contributed by atoms with Crippen LogP contribution in [0.15, 0.2) is 0 Å². The summed E-state index contributed by atoms with van der Waals surface area (Å²) in [4.78, 5) is 24.4. The maximum absolute atomic E-state index is 12.5. The van der Waals surface area contributed by atoms with Gasteiger partial charge in [-0.15, -0.1) is 0 Å². The van der Waals surface area contributed by atoms with Crippen molar-refractivity contribution in [1.82, 2.24) is 0 Å². The van der Waals surface area contributed by atoms with E-state index in [1.165, 1.54) is 0 Å². The van der Waals surface area contributed by atoms with E-state index in [1.807, 2.05) is 27.7 Å². The zero-order chi connectivity index (χ0) is 16.0. The predicted molar refractivity (Wildman–Crippen MR) is 77.3 cm³/mol. The molecule has 1 saturated carbocycles. The van der Waals surface area contributed by atoms with Crippen LogP contribution in [0.25, 0.3) is 0 Å². The van der Waals surface area contributed by atoms with Crippen molar-refractivity contribution in [1.29, 1.82) is 0 Å². The molecule has 0 heterocycles. The van der Waals surface area contributed by atoms with E-state index >= 15 is 0 Å². The van der Waals surface area contributed by atoms with Crippen LogP contribution in [0.2, 0.25) is 0 Å². The fourth-order valence-corrected chi connectivity index (χ4v) is 3.88. The normalized spacial score (nSPS) is 23.9. The van der Waals surface area contributed by atoms with Gasteiger partial charge in [0.1, 0.15) is 5.60 Å². The van der Waals surface area contributed by atoms with Crippen LogP contribution >= 0.6 is 0 Å². The van der Waals surface area contributed by atoms with Gasteiger partial charge in [0, 0.05) is 0 Å². The quantitative estimate of drug-likeness (QED) is 0.621. The van der Waals surface area contributed by atoms with E-state index in [9.17, 15) is 14.7 Å². The maximum atomic E-state index is 12.5. The molecule has 0 atom stereocenters. The fourth-order valence-electron chi connectivity index (χ4n) is 3.88. The van der Waals surface area contributed by atoms with Crippen LogP contribution in [0.5, 0.6) is 0 Å². The van der Waals surface area contributed by atoms with E-state index in [0.29, 0.717) is 12.8 Å². The molecule has 1 fully saturated rings. The van der Waals surface area contributed by atoms with Crippen LogP contribution in [0.4, 0.5) is 0 Å². The molecular formula is C16H28O4. The number of ether oxygens (including phenoxy) is 1. The second kappa shape index (κ2) is 4.74. The van der Waals surface area contributed by atoms with Gasteiger partial charge in [-0.2, -0.15) is 0 Å². The van der Waals surface area contributed by atoms with Gasteiger partial charge in [0.05, 0.1) is 0 Å². The Morgan fingerprint density at radius 3 is 1.65 bits per heavy atom. The highest BCUT2D eigenvalue weighted by Crippen LogP contribution is 2.55. The summed E-state index contributed by atoms with van der Waals surface area (Å²) in [7, 11) is 0. The molecule has 0 aromatic carbocycles. The molecule has 1 aliphatic rings. The van der Waals surface area contributed by atoms with Crippen LogP contribution < -0.4 is 0 Å². The Hall–Kier alpha value is -1.06. The Morgan fingerprint density at radius 1 is 0.950 bits per heavy atom. The lowest BCUT2D eigenvalue weighted by Crippen LogP contribution is -2.52. The highest BCUT2D eigenvalue weighted by molar-refractivity contribution is 5.99. The number of aliphatic carboxylic acids is 1. The number of carboxylic acids is 1. The molecule has 1 aliphatic carbocycles. The van der Waals surface area contributed by atoms with Crippen molar-refractivity contribution < 1.29 is 19.4 Å². The summed E-state index contributed by atoms with van der Waals surface area (Å²) in [6.45, 7) is 13.4. The third-order valence-electron chi connectivity index (χ3n) is 3.72. The molecule has 1 N–H and O–H groups in total. The number of rotatable bonds is 2. The molecule has 0 aliphatic heterocycles. The van der Waals surface area contributed by atoms with Crippen molar-refractivity contribution in [2.45, 2.75) is 73.3 Å². The number of hydrogen-bond acceptors (Lipinski definition) is 3. The van der Waals surface area contributed by atoms with Crippen molar-refractivity contribution in [2.75, 3.05) is 0 Å². The minimum Gasteiger partial charge on any atom is -0.480 e. The molecule has 4 nitrogen and oxygen atoms in total. The van der Waals surface area contributed by atoms with Gasteiger partial charge in [-0.3, -0.25) is 9.59 Å². The predicted octanol–water partition coefficient (Wildman–Crippen LogP) is 3.64. The molecule has 0 aromatic rings. The van der Waals surface area contributed by atoms with E-state index < -0.39 is 23.0 Å². The second-order valence-electron chi connectivity index (χ2n) is 8.75. The summed E-state index contributed by atoms with van der Waals surface area (Å²) in [5.74, 6) is -1.66. The van der Waals surface area contributed by atoms with Gasteiger partial charge in [0.2, 0.25) is 0 Å². The lowest BCUT2D eigenvalue weighted by molar-refractivity contribution is -0.187. The maximum Gasteiger partial charge on any atom is 0.324 e. The average molecular weight is 284 g/mol. The Labute approximate surface area is 121 Å². The number of hydrogen-bond donors (Lipinski definition) is 1. The highest BCUT2D eigenvalue weighted by Gasteiger charge is 2.58. The lowest BCUT2D eigenvalue weighted by atomic mass is 9.55. The molecule has 0 amide bonds. The molecule has 116 valence electrons. The first-order valence-electron chi connectivity index (χ1n) is 7.16. The number of carbonyl (C=O) groups excluding carboxylic acids is 1. The van der Waals surface area contributed by atoms with Crippen LogP contribution in [-0.4, -0.2) is 22.6 Å². The van der Waals surface area contributed by atoms with E-state index in [0.717, 1.165) is 6.42 Å². The molecule has 1 rings (SSSR count). The summed E-state index contributed by atoms with van der Waals surface area (Å²) in [6, 6.07) is 0. The van der Waals surface area contributed by atoms with Gasteiger partial charge in [0.25, 0.3) is 0 Å². The summed E-state index contributed by atoms with van der Waals surface area (Å²) in [5, 5.41) is 9.72. The monoisotopic (exact) mass is 284 g/mol. The Morgan fingerprint density at radius 2 is 1.35 bits per heavy atom. The molecule has 0 radical (unpaired) electrons. The van der Waals surface area contributed by atoms with Gasteiger partial charge >= 0.3 is 11.9 Å². The molecule has 20 heavy (non-hydrogen) atoms. The van der Waals surface area contributed by atoms with Crippen molar-refractivity contribution in [3.8, 4) is 0 Å². The largest absolute Gasteiger partial charge is 0.480 e. The molecule has 0 aromatic heterocycles. The average Bonchev–Trinajstić information content (AvgIpc) is 2.08. The van der Waals surface area contributed by atoms with E-state index in [2.05, 4.69) is 0 Å². The van der Waals surface area contributed by atoms with Crippen molar-refractivity contribution in [2.24, 2.45) is 16.2 Å². The van der Waals surface area contributed by atoms with Crippen molar-refractivity contribution in [3.63, 3.8) is 0 Å². The van der Waals surface area contributed by atoms with Crippen LogP contribution in [0.1, 0.15) is 67.7 Å². The van der Waals surface area contributed by atoms with Gasteiger partial charge in [-0.1, -0.05) is 27.7 Å². The van der Waals surface area contributed by atoms with E-state index in [4.69, 9.17) is 4.74 Å². The summed E-state index contributed by atoms with van der Waals surface area (Å²) >= 11 is 0. The zero-order valence-electron chi connectivity index (χ0n) is 13.8. The third kappa shape index (κ3) is 3.74. The topological polar surface area (TPSA) is 63.6 Å². The van der Waals surface area contributed by atoms with Crippen LogP contribution in [0.3, 0.4) is 0 Å². The minimum atomic E-state index is -1.43. The Balaban J connectivity index is 3.21. The second-order valence-corrected chi connectivity index (χ2v) is 8.75. The lowest BCUT2D eigenvalue weighted by Gasteiger charge is -2.49. The molecule has 0 spiro atoms. The molecule has 0 unspecified atom stereocenters. The van der Waals surface area contributed by atoms with Gasteiger partial charge in [0.15, 0.2) is 5.41 Å². The molecule has 0 bridgehead atoms. The first kappa shape index (κ1) is 17.0. The van der Waals surface area contributed by atoms with Crippen molar-refractivity contribution in [3.05, 3.63) is 0 Å². The van der Waals surface area contributed by atoms with Crippen LogP contribution in [-0.2, 0) is 14.3 Å². The number of carboxylic acid groups (broad SMARTS) is 1. The highest BCUT2D eigenvalue weighted by atomic mass is 16.6. The standard InChI is InChI=1S/C16H28O4/c1-13(2,3)20-12(19)16(11(17)18)9-14(4,5)8-15(6,7)10-16/h8-10H2,1-7H3,(H,17,18). The van der Waals surface area contributed by atoms with E-state index in [-0.39, 0.29) is 10.8 Å². The molecular weight excluding hydrogens is 256 g/mol. The number of esters is 1. The van der Waals surface area contributed by atoms with Gasteiger partial charge < -0.3 is 9.84 Å². The Bertz CT molecular complexity index is 397. The Kier molecular flexibility index (Phi) is 4.03. The zero-order valence-corrected chi connectivity index (χ0v) is 13.8. The molecule has 4 heteroatoms. The SMILES string of the molecule is CC1(C)CC(C)(C)CC(C(=O)O)(C(=O)OC(C)(C)C)C1. The third-order valence-corrected chi connectivity index (χ3v) is 3.72. The first-order chi connectivity index (χ1) is 8.69. The number of carbonyl (C=O) groups is 2. The smallest absolute Gasteiger partial charge is 0.324 e. The fraction of sp³-hybridized carbons (Fsp3) is 0.875. The first-order valence-corrected chi connectivity index (χ1v) is 7.16. The molecule has 0 saturated heterocycles. The van der Waals surface area contributed by atoms with Gasteiger partial charge in [-0.25, -0.2) is 0 Å². The summed E-state index contributed by atoms with van der Waals surface area (Å²) in [6.07, 6.45) is 1.55. The minimum absolute atomic E-state index is 0.197.